The average molecular weight is 366 g/mol. The largest absolute Gasteiger partial charge is 0.374 e. The predicted molar refractivity (Wildman–Crippen MR) is 88.2 cm³/mol. The first-order valence-corrected chi connectivity index (χ1v) is 10.5. The van der Waals surface area contributed by atoms with Crippen LogP contribution in [0.1, 0.15) is 17.7 Å². The number of fused-ring (bicyclic) bond motifs is 5. The van der Waals surface area contributed by atoms with E-state index in [4.69, 9.17) is 9.26 Å². The zero-order valence-corrected chi connectivity index (χ0v) is 14.8. The number of rotatable bonds is 3. The minimum atomic E-state index is -3.47. The summed E-state index contributed by atoms with van der Waals surface area (Å²) in [5.41, 5.74) is 0. The highest BCUT2D eigenvalue weighted by atomic mass is 32.2. The van der Waals surface area contributed by atoms with E-state index < -0.39 is 10.0 Å². The maximum Gasteiger partial charge on any atom is 0.244 e. The number of sulfonamides is 1. The van der Waals surface area contributed by atoms with E-state index in [9.17, 15) is 8.42 Å². The molecule has 2 bridgehead atoms. The van der Waals surface area contributed by atoms with Crippen LogP contribution in [0.3, 0.4) is 0 Å². The number of aromatic nitrogens is 1. The maximum absolute atomic E-state index is 13.1. The van der Waals surface area contributed by atoms with E-state index in [1.165, 1.54) is 11.3 Å². The van der Waals surface area contributed by atoms with Crippen molar-refractivity contribution in [3.8, 4) is 10.6 Å². The fraction of sp³-hybridized carbons (Fsp3) is 0.562. The number of ether oxygens (including phenoxy) is 1. The zero-order chi connectivity index (χ0) is 16.5. The van der Waals surface area contributed by atoms with Gasteiger partial charge in [-0.3, -0.25) is 0 Å². The Hall–Kier alpha value is -1.22. The van der Waals surface area contributed by atoms with E-state index in [1.54, 1.807) is 22.6 Å². The highest BCUT2D eigenvalue weighted by molar-refractivity contribution is 7.89. The Labute approximate surface area is 144 Å². The maximum atomic E-state index is 13.1. The van der Waals surface area contributed by atoms with Crippen LogP contribution in [0.5, 0.6) is 0 Å². The monoisotopic (exact) mass is 366 g/mol. The highest BCUT2D eigenvalue weighted by Gasteiger charge is 2.55. The van der Waals surface area contributed by atoms with Crippen LogP contribution >= 0.6 is 11.3 Å². The van der Waals surface area contributed by atoms with Gasteiger partial charge in [-0.2, -0.15) is 4.31 Å². The molecule has 2 aromatic heterocycles. The van der Waals surface area contributed by atoms with Gasteiger partial charge >= 0.3 is 0 Å². The number of hydrogen-bond acceptors (Lipinski definition) is 6. The van der Waals surface area contributed by atoms with Crippen LogP contribution in [0.2, 0.25) is 0 Å². The molecule has 24 heavy (non-hydrogen) atoms. The van der Waals surface area contributed by atoms with Gasteiger partial charge < -0.3 is 9.26 Å². The van der Waals surface area contributed by atoms with Crippen molar-refractivity contribution in [2.75, 3.05) is 13.1 Å². The Morgan fingerprint density at radius 2 is 1.96 bits per heavy atom. The van der Waals surface area contributed by atoms with Crippen LogP contribution in [0.25, 0.3) is 10.6 Å². The molecule has 0 N–H and O–H groups in total. The summed E-state index contributed by atoms with van der Waals surface area (Å²) in [5, 5.41) is 3.70. The highest BCUT2D eigenvalue weighted by Crippen LogP contribution is 2.48. The molecule has 0 radical (unpaired) electrons. The molecule has 0 aromatic carbocycles. The normalized spacial score (nSPS) is 32.5. The molecule has 2 aromatic rings. The number of thiophene rings is 1. The summed E-state index contributed by atoms with van der Waals surface area (Å²) in [4.78, 5) is 1.98. The van der Waals surface area contributed by atoms with Crippen LogP contribution in [0.15, 0.2) is 27.7 Å². The first-order chi connectivity index (χ1) is 11.5. The van der Waals surface area contributed by atoms with Gasteiger partial charge in [-0.05, 0) is 25.8 Å². The van der Waals surface area contributed by atoms with Crippen molar-refractivity contribution in [1.29, 1.82) is 0 Å². The molecule has 0 spiro atoms. The zero-order valence-electron chi connectivity index (χ0n) is 13.2. The second kappa shape index (κ2) is 5.14. The SMILES string of the molecule is Cc1sc(-c2ccno2)cc1S(=O)(=O)N1C[C@@H]2[C@H](C1)[C@H]1CC[C@@H]2O1. The first-order valence-electron chi connectivity index (χ1n) is 8.21. The minimum Gasteiger partial charge on any atom is -0.374 e. The van der Waals surface area contributed by atoms with E-state index in [0.29, 0.717) is 35.6 Å². The third-order valence-electron chi connectivity index (χ3n) is 5.59. The molecular weight excluding hydrogens is 348 g/mol. The summed E-state index contributed by atoms with van der Waals surface area (Å²) in [6, 6.07) is 3.46. The van der Waals surface area contributed by atoms with E-state index in [0.717, 1.165) is 22.6 Å². The molecular formula is C16H18N2O4S2. The summed E-state index contributed by atoms with van der Waals surface area (Å²) >= 11 is 1.43. The van der Waals surface area contributed by atoms with Gasteiger partial charge in [0.2, 0.25) is 10.0 Å². The summed E-state index contributed by atoms with van der Waals surface area (Å²) in [6.07, 6.45) is 4.23. The second-order valence-electron chi connectivity index (χ2n) is 6.85. The van der Waals surface area contributed by atoms with Crippen molar-refractivity contribution >= 4 is 21.4 Å². The number of hydrogen-bond donors (Lipinski definition) is 0. The lowest BCUT2D eigenvalue weighted by molar-refractivity contribution is 0.0779. The Balaban J connectivity index is 1.46. The van der Waals surface area contributed by atoms with Crippen LogP contribution in [0, 0.1) is 18.8 Å². The van der Waals surface area contributed by atoms with Crippen molar-refractivity contribution in [2.24, 2.45) is 11.8 Å². The Bertz CT molecular complexity index is 856. The molecule has 5 rings (SSSR count). The van der Waals surface area contributed by atoms with Crippen molar-refractivity contribution < 1.29 is 17.7 Å². The fourth-order valence-corrected chi connectivity index (χ4v) is 7.47. The summed E-state index contributed by atoms with van der Waals surface area (Å²) in [6.45, 7) is 3.02. The third kappa shape index (κ3) is 2.06. The smallest absolute Gasteiger partial charge is 0.244 e. The molecule has 3 saturated heterocycles. The fourth-order valence-electron chi connectivity index (χ4n) is 4.44. The summed E-state index contributed by atoms with van der Waals surface area (Å²) < 4.78 is 39.1. The Morgan fingerprint density at radius 3 is 2.58 bits per heavy atom. The Morgan fingerprint density at radius 1 is 1.25 bits per heavy atom. The molecule has 0 saturated carbocycles. The minimum absolute atomic E-state index is 0.258. The van der Waals surface area contributed by atoms with Gasteiger partial charge in [-0.15, -0.1) is 11.3 Å². The van der Waals surface area contributed by atoms with E-state index in [1.807, 2.05) is 6.92 Å². The quantitative estimate of drug-likeness (QED) is 0.835. The van der Waals surface area contributed by atoms with Crippen LogP contribution in [-0.2, 0) is 14.8 Å². The van der Waals surface area contributed by atoms with Gasteiger partial charge in [0.25, 0.3) is 0 Å². The van der Waals surface area contributed by atoms with Crippen molar-refractivity contribution in [3.05, 3.63) is 23.2 Å². The molecule has 3 aliphatic heterocycles. The lowest BCUT2D eigenvalue weighted by Crippen LogP contribution is -2.31. The average Bonchev–Trinajstić information content (AvgIpc) is 3.32. The molecule has 128 valence electrons. The van der Waals surface area contributed by atoms with Crippen LogP contribution in [-0.4, -0.2) is 43.2 Å². The van der Waals surface area contributed by atoms with Gasteiger partial charge in [-0.1, -0.05) is 5.16 Å². The molecule has 0 amide bonds. The van der Waals surface area contributed by atoms with E-state index >= 15 is 0 Å². The van der Waals surface area contributed by atoms with Crippen molar-refractivity contribution in [2.45, 2.75) is 36.9 Å². The topological polar surface area (TPSA) is 72.6 Å². The van der Waals surface area contributed by atoms with Crippen molar-refractivity contribution in [3.63, 3.8) is 0 Å². The van der Waals surface area contributed by atoms with Gasteiger partial charge in [0, 0.05) is 35.9 Å². The lowest BCUT2D eigenvalue weighted by atomic mass is 9.82. The molecule has 5 heterocycles. The third-order valence-corrected chi connectivity index (χ3v) is 8.74. The summed E-state index contributed by atoms with van der Waals surface area (Å²) in [5.74, 6) is 1.34. The van der Waals surface area contributed by atoms with E-state index in [2.05, 4.69) is 5.16 Å². The Kier molecular flexibility index (Phi) is 3.23. The molecule has 4 atom stereocenters. The van der Waals surface area contributed by atoms with Gasteiger partial charge in [0.15, 0.2) is 5.76 Å². The first kappa shape index (κ1) is 15.1. The van der Waals surface area contributed by atoms with Crippen LogP contribution in [0.4, 0.5) is 0 Å². The molecule has 0 unspecified atom stereocenters. The summed E-state index contributed by atoms with van der Waals surface area (Å²) in [7, 11) is -3.47. The van der Waals surface area contributed by atoms with Gasteiger partial charge in [0.1, 0.15) is 0 Å². The molecule has 3 aliphatic rings. The van der Waals surface area contributed by atoms with Gasteiger partial charge in [-0.25, -0.2) is 8.42 Å². The van der Waals surface area contributed by atoms with Gasteiger partial charge in [0.05, 0.1) is 28.2 Å². The molecule has 3 fully saturated rings. The van der Waals surface area contributed by atoms with E-state index in [-0.39, 0.29) is 12.2 Å². The van der Waals surface area contributed by atoms with Crippen LogP contribution < -0.4 is 0 Å². The predicted octanol–water partition coefficient (Wildman–Crippen LogP) is 2.51. The molecule has 0 aliphatic carbocycles. The second-order valence-corrected chi connectivity index (χ2v) is 10.0. The number of aryl methyl sites for hydroxylation is 1. The molecule has 6 nitrogen and oxygen atoms in total. The number of nitrogens with zero attached hydrogens (tertiary/aromatic N) is 2. The lowest BCUT2D eigenvalue weighted by Gasteiger charge is -2.18. The van der Waals surface area contributed by atoms with Crippen molar-refractivity contribution in [1.82, 2.24) is 9.46 Å². The molecule has 8 heteroatoms. The standard InChI is InChI=1S/C16H18N2O4S2/c1-9-16(6-15(23-9)14-4-5-17-22-14)24(19,20)18-7-10-11(8-18)13-3-2-12(10)21-13/h4-6,10-13H,2-3,7-8H2,1H3/t10-,11+,12+,13-.